The van der Waals surface area contributed by atoms with E-state index in [-0.39, 0.29) is 24.7 Å². The highest BCUT2D eigenvalue weighted by Crippen LogP contribution is 2.16. The first kappa shape index (κ1) is 16.3. The number of carbonyl (C=O) groups excluding carboxylic acids is 2. The number of aliphatic hydroxyl groups excluding tert-OH is 1. The minimum absolute atomic E-state index is 0.127. The molecule has 0 bridgehead atoms. The van der Waals surface area contributed by atoms with Gasteiger partial charge in [-0.2, -0.15) is 5.10 Å². The monoisotopic (exact) mass is 310 g/mol. The summed E-state index contributed by atoms with van der Waals surface area (Å²) in [5.74, 6) is -0.379. The lowest BCUT2D eigenvalue weighted by atomic mass is 10.2. The number of hydrogen-bond donors (Lipinski definition) is 2. The van der Waals surface area contributed by atoms with Crippen LogP contribution in [0.15, 0.2) is 12.3 Å². The smallest absolute Gasteiger partial charge is 0.410 e. The summed E-state index contributed by atoms with van der Waals surface area (Å²) in [5.41, 5.74) is -0.331. The minimum Gasteiger partial charge on any atom is -0.444 e. The molecular formula is C14H22N4O4. The molecule has 122 valence electrons. The molecule has 2 heterocycles. The third-order valence-electron chi connectivity index (χ3n) is 3.20. The summed E-state index contributed by atoms with van der Waals surface area (Å²) in [7, 11) is 1.71. The molecule has 1 aliphatic rings. The number of likely N-dealkylation sites (tertiary alicyclic amines) is 1. The number of nitrogens with one attached hydrogen (secondary N) is 1. The second-order valence-corrected chi connectivity index (χ2v) is 6.41. The fourth-order valence-corrected chi connectivity index (χ4v) is 2.18. The lowest BCUT2D eigenvalue weighted by Gasteiger charge is -2.24. The molecule has 1 saturated heterocycles. The molecule has 0 spiro atoms. The SMILES string of the molecule is Cn1ccc(C(=O)N[C@@H]2CN(C(=O)OC(C)(C)C)C[C@@H]2O)n1. The molecule has 8 nitrogen and oxygen atoms in total. The molecule has 2 N–H and O–H groups in total. The molecule has 8 heteroatoms. The van der Waals surface area contributed by atoms with Crippen LogP contribution in [-0.4, -0.2) is 62.6 Å². The summed E-state index contributed by atoms with van der Waals surface area (Å²) in [6.07, 6.45) is 0.328. The summed E-state index contributed by atoms with van der Waals surface area (Å²) >= 11 is 0. The van der Waals surface area contributed by atoms with Crippen molar-refractivity contribution in [1.29, 1.82) is 0 Å². The standard InChI is InChI=1S/C14H22N4O4/c1-14(2,3)22-13(21)18-7-10(11(19)8-18)15-12(20)9-5-6-17(4)16-9/h5-6,10-11,19H,7-8H2,1-4H3,(H,15,20)/t10-,11+/m1/s1. The number of aliphatic hydroxyl groups is 1. The van der Waals surface area contributed by atoms with Crippen LogP contribution in [0.2, 0.25) is 0 Å². The van der Waals surface area contributed by atoms with Gasteiger partial charge in [0.25, 0.3) is 5.91 Å². The number of amides is 2. The highest BCUT2D eigenvalue weighted by atomic mass is 16.6. The predicted molar refractivity (Wildman–Crippen MR) is 78.3 cm³/mol. The zero-order chi connectivity index (χ0) is 16.5. The molecular weight excluding hydrogens is 288 g/mol. The van der Waals surface area contributed by atoms with Crippen molar-refractivity contribution in [2.24, 2.45) is 7.05 Å². The van der Waals surface area contributed by atoms with Crippen molar-refractivity contribution in [1.82, 2.24) is 20.0 Å². The second kappa shape index (κ2) is 5.96. The summed E-state index contributed by atoms with van der Waals surface area (Å²) < 4.78 is 6.78. The lowest BCUT2D eigenvalue weighted by molar-refractivity contribution is 0.0269. The maximum atomic E-state index is 12.0. The number of aryl methyl sites for hydroxylation is 1. The maximum Gasteiger partial charge on any atom is 0.410 e. The van der Waals surface area contributed by atoms with Crippen LogP contribution in [0.5, 0.6) is 0 Å². The number of rotatable bonds is 2. The van der Waals surface area contributed by atoms with Gasteiger partial charge in [-0.05, 0) is 26.8 Å². The van der Waals surface area contributed by atoms with Gasteiger partial charge in [-0.1, -0.05) is 0 Å². The molecule has 2 amide bonds. The van der Waals surface area contributed by atoms with Crippen LogP contribution in [0, 0.1) is 0 Å². The first-order valence-corrected chi connectivity index (χ1v) is 7.12. The maximum absolute atomic E-state index is 12.0. The normalized spacial score (nSPS) is 21.8. The van der Waals surface area contributed by atoms with Gasteiger partial charge in [0.2, 0.25) is 0 Å². The van der Waals surface area contributed by atoms with E-state index in [0.29, 0.717) is 0 Å². The van der Waals surface area contributed by atoms with E-state index in [4.69, 9.17) is 4.74 Å². The second-order valence-electron chi connectivity index (χ2n) is 6.41. The van der Waals surface area contributed by atoms with Gasteiger partial charge in [0, 0.05) is 19.8 Å². The molecule has 1 aromatic rings. The minimum atomic E-state index is -0.833. The first-order valence-electron chi connectivity index (χ1n) is 7.12. The Hall–Kier alpha value is -2.09. The molecule has 1 fully saturated rings. The fourth-order valence-electron chi connectivity index (χ4n) is 2.18. The Bertz CT molecular complexity index is 563. The van der Waals surface area contributed by atoms with E-state index >= 15 is 0 Å². The molecule has 0 aromatic carbocycles. The number of ether oxygens (including phenoxy) is 1. The Morgan fingerprint density at radius 3 is 2.64 bits per heavy atom. The molecule has 1 aromatic heterocycles. The van der Waals surface area contributed by atoms with Gasteiger partial charge in [0.15, 0.2) is 0 Å². The zero-order valence-corrected chi connectivity index (χ0v) is 13.2. The highest BCUT2D eigenvalue weighted by Gasteiger charge is 2.37. The summed E-state index contributed by atoms with van der Waals surface area (Å²) in [6.45, 7) is 5.66. The van der Waals surface area contributed by atoms with Gasteiger partial charge in [-0.3, -0.25) is 9.48 Å². The fraction of sp³-hybridized carbons (Fsp3) is 0.643. The van der Waals surface area contributed by atoms with Crippen LogP contribution < -0.4 is 5.32 Å². The van der Waals surface area contributed by atoms with Crippen molar-refractivity contribution in [2.45, 2.75) is 38.5 Å². The van der Waals surface area contributed by atoms with Crippen LogP contribution in [0.3, 0.4) is 0 Å². The van der Waals surface area contributed by atoms with Crippen LogP contribution >= 0.6 is 0 Å². The number of hydrogen-bond acceptors (Lipinski definition) is 5. The van der Waals surface area contributed by atoms with Crippen LogP contribution in [0.1, 0.15) is 31.3 Å². The van der Waals surface area contributed by atoms with Gasteiger partial charge in [0.1, 0.15) is 11.3 Å². The van der Waals surface area contributed by atoms with Crippen LogP contribution in [0.4, 0.5) is 4.79 Å². The third-order valence-corrected chi connectivity index (χ3v) is 3.20. The van der Waals surface area contributed by atoms with Crippen LogP contribution in [0.25, 0.3) is 0 Å². The number of β-amino-alcohol motifs (C(OH)–C–C–N with tert-alkyl or cyclic N) is 1. The van der Waals surface area contributed by atoms with Crippen molar-refractivity contribution >= 4 is 12.0 Å². The topological polar surface area (TPSA) is 96.7 Å². The molecule has 0 saturated carbocycles. The largest absolute Gasteiger partial charge is 0.444 e. The Morgan fingerprint density at radius 1 is 1.41 bits per heavy atom. The van der Waals surface area contributed by atoms with Crippen molar-refractivity contribution in [3.63, 3.8) is 0 Å². The molecule has 22 heavy (non-hydrogen) atoms. The van der Waals surface area contributed by atoms with Crippen molar-refractivity contribution in [3.05, 3.63) is 18.0 Å². The Kier molecular flexibility index (Phi) is 4.41. The molecule has 2 atom stereocenters. The molecule has 0 unspecified atom stereocenters. The molecule has 1 aliphatic heterocycles. The van der Waals surface area contributed by atoms with Gasteiger partial charge in [0.05, 0.1) is 18.7 Å². The van der Waals surface area contributed by atoms with E-state index in [1.807, 2.05) is 0 Å². The first-order chi connectivity index (χ1) is 10.2. The summed E-state index contributed by atoms with van der Waals surface area (Å²) in [5, 5.41) is 16.7. The quantitative estimate of drug-likeness (QED) is 0.809. The Labute approximate surface area is 129 Å². The number of carbonyl (C=O) groups is 2. The number of nitrogens with zero attached hydrogens (tertiary/aromatic N) is 3. The van der Waals surface area contributed by atoms with Gasteiger partial charge >= 0.3 is 6.09 Å². The lowest BCUT2D eigenvalue weighted by Crippen LogP contribution is -2.43. The van der Waals surface area contributed by atoms with E-state index in [0.717, 1.165) is 0 Å². The molecule has 2 rings (SSSR count). The Balaban J connectivity index is 1.94. The third kappa shape index (κ3) is 3.97. The van der Waals surface area contributed by atoms with Crippen molar-refractivity contribution < 1.29 is 19.4 Å². The molecule has 0 aliphatic carbocycles. The van der Waals surface area contributed by atoms with Gasteiger partial charge in [-0.25, -0.2) is 4.79 Å². The number of aromatic nitrogens is 2. The molecule has 0 radical (unpaired) electrons. The van der Waals surface area contributed by atoms with E-state index in [1.165, 1.54) is 9.58 Å². The van der Waals surface area contributed by atoms with Crippen molar-refractivity contribution in [3.8, 4) is 0 Å². The van der Waals surface area contributed by atoms with Crippen molar-refractivity contribution in [2.75, 3.05) is 13.1 Å². The van der Waals surface area contributed by atoms with E-state index in [9.17, 15) is 14.7 Å². The van der Waals surface area contributed by atoms with Crippen LogP contribution in [-0.2, 0) is 11.8 Å². The Morgan fingerprint density at radius 2 is 2.09 bits per heavy atom. The average Bonchev–Trinajstić information content (AvgIpc) is 2.95. The summed E-state index contributed by atoms with van der Waals surface area (Å²) in [6, 6.07) is 1.05. The zero-order valence-electron chi connectivity index (χ0n) is 13.2. The van der Waals surface area contributed by atoms with E-state index in [2.05, 4.69) is 10.4 Å². The highest BCUT2D eigenvalue weighted by molar-refractivity contribution is 5.92. The van der Waals surface area contributed by atoms with E-state index < -0.39 is 23.8 Å². The average molecular weight is 310 g/mol. The van der Waals surface area contributed by atoms with Gasteiger partial charge < -0.3 is 20.1 Å². The predicted octanol–water partition coefficient (Wildman–Crippen LogP) is 0.130. The summed E-state index contributed by atoms with van der Waals surface area (Å²) in [4.78, 5) is 25.4. The van der Waals surface area contributed by atoms with Gasteiger partial charge in [-0.15, -0.1) is 0 Å². The van der Waals surface area contributed by atoms with E-state index in [1.54, 1.807) is 40.1 Å².